The van der Waals surface area contributed by atoms with Crippen LogP contribution in [0.3, 0.4) is 0 Å². The topological polar surface area (TPSA) is 53.2 Å². The van der Waals surface area contributed by atoms with Crippen LogP contribution in [0.1, 0.15) is 26.5 Å². The molecule has 1 heterocycles. The van der Waals surface area contributed by atoms with Crippen LogP contribution >= 0.6 is 11.3 Å². The third-order valence-electron chi connectivity index (χ3n) is 3.74. The minimum atomic E-state index is -0.199. The molecule has 3 aromatic rings. The van der Waals surface area contributed by atoms with Crippen molar-refractivity contribution in [3.8, 4) is 0 Å². The van der Waals surface area contributed by atoms with Gasteiger partial charge < -0.3 is 9.88 Å². The summed E-state index contributed by atoms with van der Waals surface area (Å²) in [6.45, 7) is 2.76. The average molecular weight is 338 g/mol. The largest absolute Gasteiger partial charge is 0.329 e. The van der Waals surface area contributed by atoms with E-state index in [4.69, 9.17) is 0 Å². The SMILES string of the molecule is Cc1[nH]c(=O)sc1C(=O)N(Cc1ccccc1)Cc1ccccc1. The van der Waals surface area contributed by atoms with Crippen LogP contribution in [0.2, 0.25) is 0 Å². The Morgan fingerprint density at radius 2 is 1.46 bits per heavy atom. The monoisotopic (exact) mass is 338 g/mol. The fourth-order valence-corrected chi connectivity index (χ4v) is 3.37. The maximum atomic E-state index is 13.0. The lowest BCUT2D eigenvalue weighted by atomic mass is 10.1. The molecule has 0 saturated heterocycles. The number of benzene rings is 2. The summed E-state index contributed by atoms with van der Waals surface area (Å²) in [4.78, 5) is 29.3. The molecule has 122 valence electrons. The quantitative estimate of drug-likeness (QED) is 0.773. The lowest BCUT2D eigenvalue weighted by Crippen LogP contribution is -2.30. The fraction of sp³-hybridized carbons (Fsp3) is 0.158. The van der Waals surface area contributed by atoms with E-state index in [1.165, 1.54) is 0 Å². The van der Waals surface area contributed by atoms with E-state index in [1.807, 2.05) is 60.7 Å². The van der Waals surface area contributed by atoms with E-state index in [2.05, 4.69) is 4.98 Å². The summed E-state index contributed by atoms with van der Waals surface area (Å²) in [5.74, 6) is -0.122. The molecule has 1 aromatic heterocycles. The van der Waals surface area contributed by atoms with Crippen molar-refractivity contribution in [3.05, 3.63) is 92.0 Å². The Morgan fingerprint density at radius 3 is 1.88 bits per heavy atom. The molecule has 0 spiro atoms. The number of nitrogens with zero attached hydrogens (tertiary/aromatic N) is 1. The van der Waals surface area contributed by atoms with Crippen molar-refractivity contribution in [2.75, 3.05) is 0 Å². The second-order valence-electron chi connectivity index (χ2n) is 5.60. The number of aromatic nitrogens is 1. The van der Waals surface area contributed by atoms with Gasteiger partial charge in [0.05, 0.1) is 0 Å². The molecule has 4 nitrogen and oxygen atoms in total. The van der Waals surface area contributed by atoms with Gasteiger partial charge in [0, 0.05) is 18.8 Å². The lowest BCUT2D eigenvalue weighted by molar-refractivity contribution is 0.0734. The summed E-state index contributed by atoms with van der Waals surface area (Å²) in [5.41, 5.74) is 2.74. The number of carbonyl (C=O) groups is 1. The van der Waals surface area contributed by atoms with Gasteiger partial charge in [0.1, 0.15) is 4.88 Å². The minimum Gasteiger partial charge on any atom is -0.329 e. The smallest absolute Gasteiger partial charge is 0.305 e. The molecule has 24 heavy (non-hydrogen) atoms. The molecular weight excluding hydrogens is 320 g/mol. The summed E-state index contributed by atoms with van der Waals surface area (Å²) < 4.78 is 0. The summed E-state index contributed by atoms with van der Waals surface area (Å²) >= 11 is 0.970. The van der Waals surface area contributed by atoms with E-state index in [0.717, 1.165) is 22.5 Å². The van der Waals surface area contributed by atoms with E-state index in [-0.39, 0.29) is 10.8 Å². The highest BCUT2D eigenvalue weighted by Crippen LogP contribution is 2.17. The van der Waals surface area contributed by atoms with Crippen molar-refractivity contribution in [1.82, 2.24) is 9.88 Å². The van der Waals surface area contributed by atoms with Crippen molar-refractivity contribution < 1.29 is 4.79 Å². The number of hydrogen-bond acceptors (Lipinski definition) is 3. The van der Waals surface area contributed by atoms with Gasteiger partial charge in [-0.15, -0.1) is 0 Å². The third-order valence-corrected chi connectivity index (χ3v) is 4.71. The van der Waals surface area contributed by atoms with Crippen molar-refractivity contribution in [2.45, 2.75) is 20.0 Å². The second-order valence-corrected chi connectivity index (χ2v) is 6.58. The summed E-state index contributed by atoms with van der Waals surface area (Å²) in [6, 6.07) is 19.7. The number of aryl methyl sites for hydroxylation is 1. The van der Waals surface area contributed by atoms with Gasteiger partial charge in [-0.2, -0.15) is 0 Å². The number of nitrogens with one attached hydrogen (secondary N) is 1. The van der Waals surface area contributed by atoms with Crippen LogP contribution in [0.15, 0.2) is 65.5 Å². The first-order chi connectivity index (χ1) is 11.6. The summed E-state index contributed by atoms with van der Waals surface area (Å²) in [7, 11) is 0. The van der Waals surface area contributed by atoms with Gasteiger partial charge in [0.2, 0.25) is 0 Å². The van der Waals surface area contributed by atoms with Gasteiger partial charge in [-0.25, -0.2) is 0 Å². The Bertz CT molecular complexity index is 828. The van der Waals surface area contributed by atoms with Crippen LogP contribution in [-0.2, 0) is 13.1 Å². The number of thiazole rings is 1. The molecule has 1 amide bonds. The van der Waals surface area contributed by atoms with E-state index in [1.54, 1.807) is 11.8 Å². The standard InChI is InChI=1S/C19H18N2O2S/c1-14-17(24-19(23)20-14)18(22)21(12-15-8-4-2-5-9-15)13-16-10-6-3-7-11-16/h2-11H,12-13H2,1H3,(H,20,23). The minimum absolute atomic E-state index is 0.122. The molecule has 0 radical (unpaired) electrons. The Morgan fingerprint density at radius 1 is 0.958 bits per heavy atom. The lowest BCUT2D eigenvalue weighted by Gasteiger charge is -2.22. The zero-order valence-electron chi connectivity index (χ0n) is 13.4. The van der Waals surface area contributed by atoms with Crippen LogP contribution in [0, 0.1) is 6.92 Å². The van der Waals surface area contributed by atoms with E-state index in [0.29, 0.717) is 23.7 Å². The fourth-order valence-electron chi connectivity index (χ4n) is 2.56. The number of aromatic amines is 1. The van der Waals surface area contributed by atoms with Crippen molar-refractivity contribution in [3.63, 3.8) is 0 Å². The zero-order valence-corrected chi connectivity index (χ0v) is 14.2. The maximum Gasteiger partial charge on any atom is 0.305 e. The van der Waals surface area contributed by atoms with Gasteiger partial charge >= 0.3 is 4.87 Å². The van der Waals surface area contributed by atoms with Gasteiger partial charge in [-0.3, -0.25) is 9.59 Å². The van der Waals surface area contributed by atoms with Crippen molar-refractivity contribution >= 4 is 17.2 Å². The van der Waals surface area contributed by atoms with Crippen LogP contribution < -0.4 is 4.87 Å². The third kappa shape index (κ3) is 3.81. The highest BCUT2D eigenvalue weighted by atomic mass is 32.1. The van der Waals surface area contributed by atoms with Crippen LogP contribution in [0.5, 0.6) is 0 Å². The molecule has 0 aliphatic heterocycles. The van der Waals surface area contributed by atoms with Gasteiger partial charge in [-0.1, -0.05) is 72.0 Å². The molecule has 0 fully saturated rings. The Labute approximate surface area is 144 Å². The van der Waals surface area contributed by atoms with E-state index >= 15 is 0 Å². The highest BCUT2D eigenvalue weighted by molar-refractivity contribution is 7.11. The van der Waals surface area contributed by atoms with Crippen LogP contribution in [-0.4, -0.2) is 15.8 Å². The Hall–Kier alpha value is -2.66. The number of hydrogen-bond donors (Lipinski definition) is 1. The maximum absolute atomic E-state index is 13.0. The van der Waals surface area contributed by atoms with E-state index < -0.39 is 0 Å². The molecule has 0 bridgehead atoms. The molecule has 5 heteroatoms. The zero-order chi connectivity index (χ0) is 16.9. The predicted molar refractivity (Wildman–Crippen MR) is 96.1 cm³/mol. The molecule has 3 rings (SSSR count). The van der Waals surface area contributed by atoms with Crippen LogP contribution in [0.25, 0.3) is 0 Å². The van der Waals surface area contributed by atoms with E-state index in [9.17, 15) is 9.59 Å². The first-order valence-electron chi connectivity index (χ1n) is 7.70. The Balaban J connectivity index is 1.90. The average Bonchev–Trinajstić information content (AvgIpc) is 2.94. The molecule has 0 aliphatic carbocycles. The van der Waals surface area contributed by atoms with Crippen molar-refractivity contribution in [2.24, 2.45) is 0 Å². The number of amides is 1. The highest BCUT2D eigenvalue weighted by Gasteiger charge is 2.21. The van der Waals surface area contributed by atoms with Gasteiger partial charge in [-0.05, 0) is 18.1 Å². The normalized spacial score (nSPS) is 10.5. The first kappa shape index (κ1) is 16.2. The first-order valence-corrected chi connectivity index (χ1v) is 8.52. The molecule has 0 atom stereocenters. The molecule has 2 aromatic carbocycles. The van der Waals surface area contributed by atoms with Crippen molar-refractivity contribution in [1.29, 1.82) is 0 Å². The molecular formula is C19H18N2O2S. The molecule has 0 unspecified atom stereocenters. The second kappa shape index (κ2) is 7.27. The van der Waals surface area contributed by atoms with Gasteiger partial charge in [0.15, 0.2) is 0 Å². The summed E-state index contributed by atoms with van der Waals surface area (Å²) in [6.07, 6.45) is 0. The Kier molecular flexibility index (Phi) is 4.91. The molecule has 1 N–H and O–H groups in total. The predicted octanol–water partition coefficient (Wildman–Crippen LogP) is 3.59. The van der Waals surface area contributed by atoms with Gasteiger partial charge in [0.25, 0.3) is 5.91 Å². The number of H-pyrrole nitrogens is 1. The molecule has 0 aliphatic rings. The number of carbonyl (C=O) groups excluding carboxylic acids is 1. The number of rotatable bonds is 5. The van der Waals surface area contributed by atoms with Crippen LogP contribution in [0.4, 0.5) is 0 Å². The summed E-state index contributed by atoms with van der Waals surface area (Å²) in [5, 5.41) is 0. The molecule has 0 saturated carbocycles.